The number of ether oxygens (including phenoxy) is 1. The Kier molecular flexibility index (Phi) is 3.84. The van der Waals surface area contributed by atoms with E-state index in [1.165, 1.54) is 12.1 Å². The Morgan fingerprint density at radius 3 is 2.67 bits per heavy atom. The zero-order chi connectivity index (χ0) is 15.6. The minimum absolute atomic E-state index is 0.0174. The lowest BCUT2D eigenvalue weighted by atomic mass is 10.1. The molecule has 0 amide bonds. The first-order valence-electron chi connectivity index (χ1n) is 5.85. The van der Waals surface area contributed by atoms with Gasteiger partial charge in [0.2, 0.25) is 0 Å². The van der Waals surface area contributed by atoms with Gasteiger partial charge in [0.1, 0.15) is 11.3 Å². The predicted octanol–water partition coefficient (Wildman–Crippen LogP) is 3.53. The molecule has 2 aromatic rings. The fourth-order valence-corrected chi connectivity index (χ4v) is 1.73. The summed E-state index contributed by atoms with van der Waals surface area (Å²) in [5.41, 5.74) is -0.714. The number of carboxylic acid groups (broad SMARTS) is 1. The molecule has 0 atom stereocenters. The molecule has 0 bridgehead atoms. The van der Waals surface area contributed by atoms with Gasteiger partial charge in [-0.2, -0.15) is 0 Å². The van der Waals surface area contributed by atoms with Gasteiger partial charge >= 0.3 is 5.97 Å². The number of carboxylic acids is 1. The molecule has 7 heteroatoms. The number of aryl methyl sites for hydroxylation is 1. The number of hydrogen-bond donors (Lipinski definition) is 1. The lowest BCUT2D eigenvalue weighted by molar-refractivity contribution is -0.385. The lowest BCUT2D eigenvalue weighted by Gasteiger charge is -2.08. The largest absolute Gasteiger partial charge is 0.477 e. The number of rotatable bonds is 4. The summed E-state index contributed by atoms with van der Waals surface area (Å²) in [5.74, 6) is -2.11. The summed E-state index contributed by atoms with van der Waals surface area (Å²) in [6.07, 6.45) is 0. The molecule has 0 spiro atoms. The van der Waals surface area contributed by atoms with Crippen molar-refractivity contribution < 1.29 is 24.0 Å². The Hall–Kier alpha value is -2.96. The first-order chi connectivity index (χ1) is 9.90. The van der Waals surface area contributed by atoms with Crippen LogP contribution in [-0.4, -0.2) is 16.0 Å². The van der Waals surface area contributed by atoms with Crippen molar-refractivity contribution in [2.45, 2.75) is 6.92 Å². The number of nitro benzene ring substituents is 1. The maximum Gasteiger partial charge on any atom is 0.342 e. The van der Waals surface area contributed by atoms with Crippen LogP contribution in [0.4, 0.5) is 10.1 Å². The van der Waals surface area contributed by atoms with Crippen LogP contribution in [0.2, 0.25) is 0 Å². The van der Waals surface area contributed by atoms with E-state index in [0.717, 1.165) is 12.1 Å². The number of benzene rings is 2. The smallest absolute Gasteiger partial charge is 0.342 e. The van der Waals surface area contributed by atoms with E-state index in [-0.39, 0.29) is 11.5 Å². The number of nitrogens with zero attached hydrogens (tertiary/aromatic N) is 1. The SMILES string of the molecule is Cc1cccc(Oc2ccc(C(=O)O)c([N+](=O)[O-])c2)c1F. The summed E-state index contributed by atoms with van der Waals surface area (Å²) in [6, 6.07) is 7.73. The highest BCUT2D eigenvalue weighted by Gasteiger charge is 2.21. The van der Waals surface area contributed by atoms with Crippen LogP contribution in [0.3, 0.4) is 0 Å². The standard InChI is InChI=1S/C14H10FNO5/c1-8-3-2-4-12(13(8)15)21-9-5-6-10(14(17)18)11(7-9)16(19)20/h2-7H,1H3,(H,17,18). The number of carbonyl (C=O) groups is 1. The molecule has 21 heavy (non-hydrogen) atoms. The fraction of sp³-hybridized carbons (Fsp3) is 0.0714. The van der Waals surface area contributed by atoms with Crippen LogP contribution in [0, 0.1) is 22.9 Å². The molecule has 108 valence electrons. The molecule has 1 N–H and O–H groups in total. The van der Waals surface area contributed by atoms with Crippen molar-refractivity contribution in [1.29, 1.82) is 0 Å². The molecule has 0 aliphatic heterocycles. The average molecular weight is 291 g/mol. The highest BCUT2D eigenvalue weighted by Crippen LogP contribution is 2.30. The van der Waals surface area contributed by atoms with Crippen LogP contribution in [0.25, 0.3) is 0 Å². The molecule has 0 saturated heterocycles. The molecule has 0 heterocycles. The van der Waals surface area contributed by atoms with E-state index in [1.54, 1.807) is 19.1 Å². The molecular weight excluding hydrogens is 281 g/mol. The van der Waals surface area contributed by atoms with E-state index in [4.69, 9.17) is 9.84 Å². The molecular formula is C14H10FNO5. The van der Waals surface area contributed by atoms with Gasteiger partial charge in [-0.05, 0) is 30.7 Å². The molecule has 6 nitrogen and oxygen atoms in total. The molecule has 0 aliphatic carbocycles. The Balaban J connectivity index is 2.42. The highest BCUT2D eigenvalue weighted by molar-refractivity contribution is 5.92. The second-order valence-corrected chi connectivity index (χ2v) is 4.23. The van der Waals surface area contributed by atoms with Gasteiger partial charge < -0.3 is 9.84 Å². The average Bonchev–Trinajstić information content (AvgIpc) is 2.43. The molecule has 0 aliphatic rings. The minimum atomic E-state index is -1.42. The van der Waals surface area contributed by atoms with E-state index in [9.17, 15) is 19.3 Å². The second kappa shape index (κ2) is 5.58. The first kappa shape index (κ1) is 14.4. The van der Waals surface area contributed by atoms with Crippen LogP contribution in [0.15, 0.2) is 36.4 Å². The maximum absolute atomic E-state index is 13.8. The maximum atomic E-state index is 13.8. The lowest BCUT2D eigenvalue weighted by Crippen LogP contribution is -2.02. The van der Waals surface area contributed by atoms with Gasteiger partial charge in [0.05, 0.1) is 11.0 Å². The van der Waals surface area contributed by atoms with Crippen LogP contribution in [0.5, 0.6) is 11.5 Å². The summed E-state index contributed by atoms with van der Waals surface area (Å²) in [6.45, 7) is 1.55. The van der Waals surface area contributed by atoms with E-state index in [1.807, 2.05) is 0 Å². The summed E-state index contributed by atoms with van der Waals surface area (Å²) in [4.78, 5) is 20.9. The highest BCUT2D eigenvalue weighted by atomic mass is 19.1. The molecule has 0 unspecified atom stereocenters. The van der Waals surface area contributed by atoms with Crippen molar-refractivity contribution in [3.63, 3.8) is 0 Å². The van der Waals surface area contributed by atoms with Crippen molar-refractivity contribution in [1.82, 2.24) is 0 Å². The summed E-state index contributed by atoms with van der Waals surface area (Å²) >= 11 is 0. The van der Waals surface area contributed by atoms with E-state index >= 15 is 0 Å². The third-order valence-corrected chi connectivity index (χ3v) is 2.78. The number of aromatic carboxylic acids is 1. The Morgan fingerprint density at radius 1 is 1.33 bits per heavy atom. The zero-order valence-electron chi connectivity index (χ0n) is 10.9. The van der Waals surface area contributed by atoms with Crippen LogP contribution >= 0.6 is 0 Å². The first-order valence-corrected chi connectivity index (χ1v) is 5.85. The molecule has 2 rings (SSSR count). The molecule has 2 aromatic carbocycles. The third kappa shape index (κ3) is 2.97. The number of nitro groups is 1. The summed E-state index contributed by atoms with van der Waals surface area (Å²) in [7, 11) is 0. The third-order valence-electron chi connectivity index (χ3n) is 2.78. The van der Waals surface area contributed by atoms with Gasteiger partial charge in [-0.3, -0.25) is 10.1 Å². The van der Waals surface area contributed by atoms with Gasteiger partial charge in [-0.1, -0.05) is 12.1 Å². The van der Waals surface area contributed by atoms with Gasteiger partial charge in [0.15, 0.2) is 11.6 Å². The van der Waals surface area contributed by atoms with Crippen LogP contribution in [-0.2, 0) is 0 Å². The van der Waals surface area contributed by atoms with Gasteiger partial charge in [0.25, 0.3) is 5.69 Å². The monoisotopic (exact) mass is 291 g/mol. The Labute approximate surface area is 118 Å². The summed E-state index contributed by atoms with van der Waals surface area (Å²) < 4.78 is 19.0. The van der Waals surface area contributed by atoms with Crippen LogP contribution in [0.1, 0.15) is 15.9 Å². The zero-order valence-corrected chi connectivity index (χ0v) is 10.9. The molecule has 0 aromatic heterocycles. The summed E-state index contributed by atoms with van der Waals surface area (Å²) in [5, 5.41) is 19.7. The van der Waals surface area contributed by atoms with E-state index in [0.29, 0.717) is 5.56 Å². The molecule has 0 saturated carbocycles. The number of hydrogen-bond acceptors (Lipinski definition) is 4. The normalized spacial score (nSPS) is 10.2. The van der Waals surface area contributed by atoms with Gasteiger partial charge in [0, 0.05) is 0 Å². The van der Waals surface area contributed by atoms with Crippen molar-refractivity contribution in [2.75, 3.05) is 0 Å². The van der Waals surface area contributed by atoms with Crippen molar-refractivity contribution in [3.8, 4) is 11.5 Å². The van der Waals surface area contributed by atoms with Gasteiger partial charge in [-0.25, -0.2) is 9.18 Å². The van der Waals surface area contributed by atoms with Crippen molar-refractivity contribution >= 4 is 11.7 Å². The fourth-order valence-electron chi connectivity index (χ4n) is 1.73. The van der Waals surface area contributed by atoms with Crippen molar-refractivity contribution in [2.24, 2.45) is 0 Å². The molecule has 0 fully saturated rings. The minimum Gasteiger partial charge on any atom is -0.477 e. The number of halogens is 1. The Bertz CT molecular complexity index is 729. The van der Waals surface area contributed by atoms with E-state index in [2.05, 4.69) is 0 Å². The predicted molar refractivity (Wildman–Crippen MR) is 71.3 cm³/mol. The molecule has 0 radical (unpaired) electrons. The van der Waals surface area contributed by atoms with Crippen LogP contribution < -0.4 is 4.74 Å². The van der Waals surface area contributed by atoms with E-state index < -0.39 is 28.0 Å². The Morgan fingerprint density at radius 2 is 2.05 bits per heavy atom. The van der Waals surface area contributed by atoms with Gasteiger partial charge in [-0.15, -0.1) is 0 Å². The quantitative estimate of drug-likeness (QED) is 0.687. The topological polar surface area (TPSA) is 89.7 Å². The van der Waals surface area contributed by atoms with Crippen molar-refractivity contribution in [3.05, 3.63) is 63.5 Å². The second-order valence-electron chi connectivity index (χ2n) is 4.23.